The standard InChI is InChI=1S/C12H19N2O4PS3/c1-17-19(16,20)18-9-4-5-11(15)13-8-10-21-22-12-6-2-3-7-14-12/h2-3,6-7H,4-5,8-10H2,1H3,(H,13,15)(H,16,20). The minimum atomic E-state index is -3.10. The van der Waals surface area contributed by atoms with Crippen molar-refractivity contribution in [3.8, 4) is 0 Å². The summed E-state index contributed by atoms with van der Waals surface area (Å²) < 4.78 is 9.61. The van der Waals surface area contributed by atoms with E-state index in [-0.39, 0.29) is 12.5 Å². The van der Waals surface area contributed by atoms with Crippen LogP contribution in [0.5, 0.6) is 0 Å². The first-order valence-electron chi connectivity index (χ1n) is 6.54. The summed E-state index contributed by atoms with van der Waals surface area (Å²) >= 11 is 4.67. The number of amides is 1. The highest BCUT2D eigenvalue weighted by molar-refractivity contribution is 8.76. The normalized spacial score (nSPS) is 13.5. The van der Waals surface area contributed by atoms with E-state index in [0.29, 0.717) is 19.4 Å². The van der Waals surface area contributed by atoms with E-state index in [1.165, 1.54) is 7.11 Å². The summed E-state index contributed by atoms with van der Waals surface area (Å²) in [4.78, 5) is 25.1. The molecule has 6 nitrogen and oxygen atoms in total. The fourth-order valence-electron chi connectivity index (χ4n) is 1.28. The molecule has 2 N–H and O–H groups in total. The zero-order valence-corrected chi connectivity index (χ0v) is 15.5. The number of carbonyl (C=O) groups excluding carboxylic acids is 1. The van der Waals surface area contributed by atoms with Gasteiger partial charge in [-0.2, -0.15) is 0 Å². The molecule has 124 valence electrons. The Kier molecular flexibility index (Phi) is 10.3. The van der Waals surface area contributed by atoms with Gasteiger partial charge in [0.15, 0.2) is 0 Å². The van der Waals surface area contributed by atoms with E-state index in [1.807, 2.05) is 18.2 Å². The van der Waals surface area contributed by atoms with Crippen molar-refractivity contribution in [3.05, 3.63) is 24.4 Å². The monoisotopic (exact) mass is 382 g/mol. The summed E-state index contributed by atoms with van der Waals surface area (Å²) in [5.41, 5.74) is 0. The van der Waals surface area contributed by atoms with Gasteiger partial charge >= 0.3 is 6.72 Å². The summed E-state index contributed by atoms with van der Waals surface area (Å²) in [7, 11) is 4.52. The fraction of sp³-hybridized carbons (Fsp3) is 0.500. The van der Waals surface area contributed by atoms with Gasteiger partial charge in [-0.3, -0.25) is 4.79 Å². The Morgan fingerprint density at radius 3 is 3.05 bits per heavy atom. The quantitative estimate of drug-likeness (QED) is 0.343. The maximum absolute atomic E-state index is 11.6. The number of hydrogen-bond donors (Lipinski definition) is 2. The minimum absolute atomic E-state index is 0.0457. The molecule has 1 amide bonds. The van der Waals surface area contributed by atoms with Crippen LogP contribution in [0.1, 0.15) is 12.8 Å². The molecule has 1 atom stereocenters. The van der Waals surface area contributed by atoms with Gasteiger partial charge in [-0.1, -0.05) is 16.9 Å². The molecule has 0 aliphatic carbocycles. The van der Waals surface area contributed by atoms with Crippen LogP contribution in [0.25, 0.3) is 0 Å². The van der Waals surface area contributed by atoms with Gasteiger partial charge in [0.05, 0.1) is 6.61 Å². The zero-order chi connectivity index (χ0) is 16.3. The van der Waals surface area contributed by atoms with Crippen LogP contribution in [0.3, 0.4) is 0 Å². The fourth-order valence-corrected chi connectivity index (χ4v) is 3.76. The second-order valence-electron chi connectivity index (χ2n) is 4.01. The van der Waals surface area contributed by atoms with E-state index >= 15 is 0 Å². The molecular weight excluding hydrogens is 363 g/mol. The number of nitrogens with zero attached hydrogens (tertiary/aromatic N) is 1. The lowest BCUT2D eigenvalue weighted by Gasteiger charge is -2.12. The Morgan fingerprint density at radius 1 is 1.55 bits per heavy atom. The molecule has 1 aromatic rings. The lowest BCUT2D eigenvalue weighted by molar-refractivity contribution is -0.121. The van der Waals surface area contributed by atoms with Crippen LogP contribution >= 0.6 is 28.3 Å². The van der Waals surface area contributed by atoms with E-state index < -0.39 is 6.72 Å². The van der Waals surface area contributed by atoms with Crippen LogP contribution in [0.2, 0.25) is 0 Å². The van der Waals surface area contributed by atoms with Gasteiger partial charge in [0.1, 0.15) is 5.03 Å². The molecule has 0 fully saturated rings. The molecule has 0 saturated carbocycles. The van der Waals surface area contributed by atoms with Crippen molar-refractivity contribution in [1.82, 2.24) is 10.3 Å². The second-order valence-corrected chi connectivity index (χ2v) is 9.39. The lowest BCUT2D eigenvalue weighted by atomic mass is 10.3. The number of rotatable bonds is 11. The highest BCUT2D eigenvalue weighted by Gasteiger charge is 2.11. The molecule has 10 heteroatoms. The van der Waals surface area contributed by atoms with E-state index in [1.54, 1.807) is 27.8 Å². The maximum atomic E-state index is 11.6. The number of nitrogens with one attached hydrogen (secondary N) is 1. The van der Waals surface area contributed by atoms with Gasteiger partial charge in [0.2, 0.25) is 5.91 Å². The Morgan fingerprint density at radius 2 is 2.36 bits per heavy atom. The molecule has 22 heavy (non-hydrogen) atoms. The number of hydrogen-bond acceptors (Lipinski definition) is 7. The van der Waals surface area contributed by atoms with Crippen molar-refractivity contribution >= 4 is 46.0 Å². The molecule has 0 radical (unpaired) electrons. The van der Waals surface area contributed by atoms with Gasteiger partial charge in [0.25, 0.3) is 0 Å². The predicted molar refractivity (Wildman–Crippen MR) is 94.3 cm³/mol. The lowest BCUT2D eigenvalue weighted by Crippen LogP contribution is -2.25. The first kappa shape index (κ1) is 19.9. The minimum Gasteiger partial charge on any atom is -0.355 e. The van der Waals surface area contributed by atoms with Gasteiger partial charge in [-0.05, 0) is 41.2 Å². The third-order valence-corrected chi connectivity index (χ3v) is 6.32. The zero-order valence-electron chi connectivity index (χ0n) is 12.1. The Hall–Kier alpha value is -0.150. The van der Waals surface area contributed by atoms with Crippen molar-refractivity contribution in [2.45, 2.75) is 17.9 Å². The molecule has 0 aliphatic rings. The summed E-state index contributed by atoms with van der Waals surface area (Å²) in [6.07, 6.45) is 2.57. The van der Waals surface area contributed by atoms with E-state index in [0.717, 1.165) is 10.8 Å². The van der Waals surface area contributed by atoms with Crippen LogP contribution in [0.4, 0.5) is 0 Å². The third-order valence-electron chi connectivity index (χ3n) is 2.32. The topological polar surface area (TPSA) is 80.7 Å². The molecule has 0 saturated heterocycles. The van der Waals surface area contributed by atoms with Crippen LogP contribution in [0.15, 0.2) is 29.4 Å². The molecular formula is C12H19N2O4PS3. The Bertz CT molecular complexity index is 493. The predicted octanol–water partition coefficient (Wildman–Crippen LogP) is 2.60. The molecule has 1 rings (SSSR count). The molecule has 0 aromatic carbocycles. The van der Waals surface area contributed by atoms with Gasteiger partial charge in [-0.25, -0.2) is 4.98 Å². The van der Waals surface area contributed by atoms with Gasteiger partial charge in [-0.15, -0.1) is 0 Å². The van der Waals surface area contributed by atoms with Crippen molar-refractivity contribution in [3.63, 3.8) is 0 Å². The maximum Gasteiger partial charge on any atom is 0.324 e. The van der Waals surface area contributed by atoms with Gasteiger partial charge < -0.3 is 19.3 Å². The number of pyridine rings is 1. The van der Waals surface area contributed by atoms with Crippen LogP contribution in [-0.4, -0.2) is 41.8 Å². The summed E-state index contributed by atoms with van der Waals surface area (Å²) in [6, 6.07) is 5.76. The molecule has 1 aromatic heterocycles. The number of aromatic nitrogens is 1. The smallest absolute Gasteiger partial charge is 0.324 e. The van der Waals surface area contributed by atoms with Crippen molar-refractivity contribution in [1.29, 1.82) is 0 Å². The SMILES string of the molecule is COP(O)(=S)OCCCC(=O)NCCSSc1ccccn1. The highest BCUT2D eigenvalue weighted by atomic mass is 33.1. The average molecular weight is 382 g/mol. The summed E-state index contributed by atoms with van der Waals surface area (Å²) in [5, 5.41) is 3.77. The van der Waals surface area contributed by atoms with Crippen LogP contribution in [-0.2, 0) is 25.6 Å². The Balaban J connectivity index is 1.98. The largest absolute Gasteiger partial charge is 0.355 e. The van der Waals surface area contributed by atoms with E-state index in [2.05, 4.69) is 26.6 Å². The van der Waals surface area contributed by atoms with E-state index in [4.69, 9.17) is 4.52 Å². The van der Waals surface area contributed by atoms with E-state index in [9.17, 15) is 9.69 Å². The Labute approximate surface area is 143 Å². The van der Waals surface area contributed by atoms with Crippen LogP contribution in [0, 0.1) is 0 Å². The first-order valence-corrected chi connectivity index (χ1v) is 11.4. The second kappa shape index (κ2) is 11.4. The molecule has 0 bridgehead atoms. The summed E-state index contributed by atoms with van der Waals surface area (Å²) in [6.45, 7) is -2.30. The number of carbonyl (C=O) groups is 1. The van der Waals surface area contributed by atoms with Crippen LogP contribution < -0.4 is 5.32 Å². The average Bonchev–Trinajstić information content (AvgIpc) is 2.52. The molecule has 0 aliphatic heterocycles. The highest BCUT2D eigenvalue weighted by Crippen LogP contribution is 2.42. The van der Waals surface area contributed by atoms with Crippen molar-refractivity contribution in [2.24, 2.45) is 0 Å². The third kappa shape index (κ3) is 9.78. The molecule has 1 unspecified atom stereocenters. The van der Waals surface area contributed by atoms with Gasteiger partial charge in [0, 0.05) is 32.0 Å². The first-order chi connectivity index (χ1) is 10.5. The summed E-state index contributed by atoms with van der Waals surface area (Å²) in [5.74, 6) is 0.751. The molecule has 1 heterocycles. The van der Waals surface area contributed by atoms with Crippen molar-refractivity contribution in [2.75, 3.05) is 26.0 Å². The molecule has 0 spiro atoms. The van der Waals surface area contributed by atoms with Crippen molar-refractivity contribution < 1.29 is 18.7 Å².